The molecule has 0 unspecified atom stereocenters. The average molecular weight is 494 g/mol. The van der Waals surface area contributed by atoms with Gasteiger partial charge in [-0.25, -0.2) is 0 Å². The number of nitrogens with zero attached hydrogens (tertiary/aromatic N) is 2. The Morgan fingerprint density at radius 2 is 1.75 bits per heavy atom. The van der Waals surface area contributed by atoms with Crippen molar-refractivity contribution >= 4 is 40.4 Å². The molecule has 2 N–H and O–H groups in total. The van der Waals surface area contributed by atoms with Gasteiger partial charge >= 0.3 is 11.9 Å². The molecule has 3 rings (SSSR count). The number of hydrogen-bond donors (Lipinski definition) is 2. The third-order valence-corrected chi connectivity index (χ3v) is 5.81. The molecule has 0 radical (unpaired) electrons. The zero-order valence-corrected chi connectivity index (χ0v) is 20.2. The molecular formula is C27H31N3O6. The molecule has 1 amide bonds. The topological polar surface area (TPSA) is 129 Å². The Hall–Kier alpha value is -3.90. The number of nitriles is 1. The number of nitrogens with one attached hydrogen (secondary N) is 1. The molecule has 1 fully saturated rings. The van der Waals surface area contributed by atoms with E-state index in [1.54, 1.807) is 6.08 Å². The van der Waals surface area contributed by atoms with Crippen molar-refractivity contribution in [2.24, 2.45) is 0 Å². The predicted molar refractivity (Wildman–Crippen MR) is 135 cm³/mol. The van der Waals surface area contributed by atoms with Crippen LogP contribution in [-0.2, 0) is 23.9 Å². The number of amides is 1. The van der Waals surface area contributed by atoms with Crippen LogP contribution in [0.1, 0.15) is 37.7 Å². The maximum absolute atomic E-state index is 12.4. The van der Waals surface area contributed by atoms with Gasteiger partial charge in [-0.1, -0.05) is 18.2 Å². The van der Waals surface area contributed by atoms with Gasteiger partial charge in [-0.05, 0) is 59.9 Å². The Morgan fingerprint density at radius 3 is 2.50 bits per heavy atom. The molecule has 2 aromatic rings. The summed E-state index contributed by atoms with van der Waals surface area (Å²) in [5.74, 6) is -2.16. The number of anilines is 1. The van der Waals surface area contributed by atoms with E-state index in [1.165, 1.54) is 24.9 Å². The van der Waals surface area contributed by atoms with Gasteiger partial charge in [0.2, 0.25) is 0 Å². The van der Waals surface area contributed by atoms with E-state index in [1.807, 2.05) is 24.3 Å². The van der Waals surface area contributed by atoms with Gasteiger partial charge < -0.3 is 24.8 Å². The zero-order chi connectivity index (χ0) is 25.8. The molecule has 0 aromatic heterocycles. The molecule has 0 aliphatic carbocycles. The first kappa shape index (κ1) is 26.7. The van der Waals surface area contributed by atoms with Crippen LogP contribution < -0.4 is 10.2 Å². The summed E-state index contributed by atoms with van der Waals surface area (Å²) < 4.78 is 10.1. The second-order valence-electron chi connectivity index (χ2n) is 8.49. The van der Waals surface area contributed by atoms with Crippen LogP contribution in [0.4, 0.5) is 5.69 Å². The molecule has 190 valence electrons. The van der Waals surface area contributed by atoms with E-state index in [2.05, 4.69) is 28.4 Å². The van der Waals surface area contributed by atoms with Crippen molar-refractivity contribution in [3.63, 3.8) is 0 Å². The fraction of sp³-hybridized carbons (Fsp3) is 0.407. The lowest BCUT2D eigenvalue weighted by Gasteiger charge is -2.29. The molecule has 2 aromatic carbocycles. The van der Waals surface area contributed by atoms with Crippen LogP contribution in [0.25, 0.3) is 16.8 Å². The SMILES string of the molecule is N#C/C(=C\c1ccc2cc(N3CCCCC3)ccc2c1)C(=O)NCCOCCOC(=O)CCC(=O)O. The maximum Gasteiger partial charge on any atom is 0.306 e. The van der Waals surface area contributed by atoms with Gasteiger partial charge in [-0.2, -0.15) is 5.26 Å². The number of aliphatic carboxylic acids is 1. The number of piperidine rings is 1. The van der Waals surface area contributed by atoms with Crippen molar-refractivity contribution in [3.8, 4) is 6.07 Å². The summed E-state index contributed by atoms with van der Waals surface area (Å²) in [6.45, 7) is 2.64. The van der Waals surface area contributed by atoms with Crippen molar-refractivity contribution in [3.05, 3.63) is 47.5 Å². The molecule has 0 atom stereocenters. The van der Waals surface area contributed by atoms with Gasteiger partial charge in [0.05, 0.1) is 26.1 Å². The summed E-state index contributed by atoms with van der Waals surface area (Å²) in [4.78, 5) is 36.5. The number of esters is 1. The number of carboxylic acids is 1. The smallest absolute Gasteiger partial charge is 0.306 e. The van der Waals surface area contributed by atoms with Gasteiger partial charge in [0.1, 0.15) is 18.2 Å². The minimum Gasteiger partial charge on any atom is -0.481 e. The summed E-state index contributed by atoms with van der Waals surface area (Å²) in [6, 6.07) is 14.2. The van der Waals surface area contributed by atoms with Crippen molar-refractivity contribution in [1.29, 1.82) is 5.26 Å². The fourth-order valence-corrected chi connectivity index (χ4v) is 3.94. The van der Waals surface area contributed by atoms with Gasteiger partial charge in [0, 0.05) is 25.3 Å². The van der Waals surface area contributed by atoms with E-state index in [-0.39, 0.29) is 44.8 Å². The molecule has 0 spiro atoms. The number of carbonyl (C=O) groups is 3. The third kappa shape index (κ3) is 8.40. The number of hydrogen-bond acceptors (Lipinski definition) is 7. The quantitative estimate of drug-likeness (QED) is 0.199. The first-order valence-corrected chi connectivity index (χ1v) is 12.1. The fourth-order valence-electron chi connectivity index (χ4n) is 3.94. The highest BCUT2D eigenvalue weighted by molar-refractivity contribution is 6.02. The second kappa shape index (κ2) is 13.9. The minimum absolute atomic E-state index is 0.00274. The zero-order valence-electron chi connectivity index (χ0n) is 20.2. The number of ether oxygens (including phenoxy) is 2. The Kier molecular flexibility index (Phi) is 10.3. The highest BCUT2D eigenvalue weighted by atomic mass is 16.6. The standard InChI is InChI=1S/C27H31N3O6/c28-19-23(27(34)29-10-13-35-14-15-36-26(33)9-8-25(31)32)17-20-4-5-22-18-24(7-6-21(22)16-20)30-11-2-1-3-12-30/h4-7,16-18H,1-3,8-15H2,(H,29,34)(H,31,32)/b23-17+. The van der Waals surface area contributed by atoms with Crippen molar-refractivity contribution in [1.82, 2.24) is 5.32 Å². The number of carboxylic acid groups (broad SMARTS) is 1. The minimum atomic E-state index is -1.06. The first-order chi connectivity index (χ1) is 17.5. The van der Waals surface area contributed by atoms with Crippen LogP contribution in [0.3, 0.4) is 0 Å². The summed E-state index contributed by atoms with van der Waals surface area (Å²) in [6.07, 6.45) is 4.82. The molecule has 1 saturated heterocycles. The van der Waals surface area contributed by atoms with E-state index in [0.717, 1.165) is 29.4 Å². The van der Waals surface area contributed by atoms with Crippen molar-refractivity contribution < 1.29 is 29.0 Å². The summed E-state index contributed by atoms with van der Waals surface area (Å²) in [7, 11) is 0. The number of carbonyl (C=O) groups excluding carboxylic acids is 2. The van der Waals surface area contributed by atoms with Crippen LogP contribution in [-0.4, -0.2) is 62.4 Å². The Morgan fingerprint density at radius 1 is 1.00 bits per heavy atom. The highest BCUT2D eigenvalue weighted by Crippen LogP contribution is 2.26. The van der Waals surface area contributed by atoms with Crippen molar-refractivity contribution in [2.45, 2.75) is 32.1 Å². The van der Waals surface area contributed by atoms with E-state index in [0.29, 0.717) is 0 Å². The molecule has 1 aliphatic heterocycles. The van der Waals surface area contributed by atoms with Crippen molar-refractivity contribution in [2.75, 3.05) is 44.4 Å². The summed E-state index contributed by atoms with van der Waals surface area (Å²) in [5.41, 5.74) is 1.98. The maximum atomic E-state index is 12.4. The largest absolute Gasteiger partial charge is 0.481 e. The molecule has 1 heterocycles. The lowest BCUT2D eigenvalue weighted by Crippen LogP contribution is -2.29. The molecule has 36 heavy (non-hydrogen) atoms. The third-order valence-electron chi connectivity index (χ3n) is 5.81. The highest BCUT2D eigenvalue weighted by Gasteiger charge is 2.12. The average Bonchev–Trinajstić information content (AvgIpc) is 2.90. The lowest BCUT2D eigenvalue weighted by atomic mass is 10.0. The molecule has 9 nitrogen and oxygen atoms in total. The van der Waals surface area contributed by atoms with E-state index in [9.17, 15) is 19.6 Å². The molecule has 0 bridgehead atoms. The lowest BCUT2D eigenvalue weighted by molar-refractivity contribution is -0.148. The van der Waals surface area contributed by atoms with E-state index in [4.69, 9.17) is 14.6 Å². The first-order valence-electron chi connectivity index (χ1n) is 12.1. The van der Waals surface area contributed by atoms with E-state index >= 15 is 0 Å². The Bertz CT molecular complexity index is 1150. The second-order valence-corrected chi connectivity index (χ2v) is 8.49. The van der Waals surface area contributed by atoms with Gasteiger partial charge in [-0.15, -0.1) is 0 Å². The molecule has 0 saturated carbocycles. The number of fused-ring (bicyclic) bond motifs is 1. The summed E-state index contributed by atoms with van der Waals surface area (Å²) >= 11 is 0. The van der Waals surface area contributed by atoms with Crippen LogP contribution in [0, 0.1) is 11.3 Å². The van der Waals surface area contributed by atoms with Gasteiger partial charge in [-0.3, -0.25) is 14.4 Å². The van der Waals surface area contributed by atoms with Gasteiger partial charge in [0.15, 0.2) is 0 Å². The number of benzene rings is 2. The predicted octanol–water partition coefficient (Wildman–Crippen LogP) is 3.28. The van der Waals surface area contributed by atoms with Gasteiger partial charge in [0.25, 0.3) is 5.91 Å². The normalized spacial score (nSPS) is 13.8. The Balaban J connectivity index is 1.45. The molecule has 1 aliphatic rings. The molecular weight excluding hydrogens is 462 g/mol. The summed E-state index contributed by atoms with van der Waals surface area (Å²) in [5, 5.41) is 22.8. The monoisotopic (exact) mass is 493 g/mol. The van der Waals surface area contributed by atoms with Crippen LogP contribution in [0.5, 0.6) is 0 Å². The number of rotatable bonds is 12. The van der Waals surface area contributed by atoms with Crippen LogP contribution in [0.2, 0.25) is 0 Å². The molecule has 9 heteroatoms. The van der Waals surface area contributed by atoms with Crippen LogP contribution >= 0.6 is 0 Å². The van der Waals surface area contributed by atoms with E-state index < -0.39 is 17.8 Å². The Labute approximate surface area is 210 Å². The van der Waals surface area contributed by atoms with Crippen LogP contribution in [0.15, 0.2) is 42.0 Å².